The first-order valence-electron chi connectivity index (χ1n) is 6.75. The van der Waals surface area contributed by atoms with Gasteiger partial charge >= 0.3 is 0 Å². The number of rotatable bonds is 7. The highest BCUT2D eigenvalue weighted by molar-refractivity contribution is 9.10. The van der Waals surface area contributed by atoms with E-state index in [2.05, 4.69) is 40.4 Å². The number of nitrogens with one attached hydrogen (secondary N) is 2. The number of benzene rings is 1. The minimum absolute atomic E-state index is 0.0544. The van der Waals surface area contributed by atoms with Crippen molar-refractivity contribution in [2.24, 2.45) is 5.92 Å². The van der Waals surface area contributed by atoms with Crippen molar-refractivity contribution < 1.29 is 4.79 Å². The van der Waals surface area contributed by atoms with Gasteiger partial charge in [-0.2, -0.15) is 0 Å². The van der Waals surface area contributed by atoms with Crippen LogP contribution >= 0.6 is 15.9 Å². The van der Waals surface area contributed by atoms with Crippen LogP contribution in [0.5, 0.6) is 0 Å². The van der Waals surface area contributed by atoms with Gasteiger partial charge in [0.2, 0.25) is 5.91 Å². The minimum atomic E-state index is 0.0544. The molecule has 1 amide bonds. The molecule has 1 rings (SSSR count). The first-order chi connectivity index (χ1) is 8.99. The number of amides is 1. The van der Waals surface area contributed by atoms with E-state index >= 15 is 0 Å². The highest BCUT2D eigenvalue weighted by Gasteiger charge is 2.03. The molecule has 2 N–H and O–H groups in total. The van der Waals surface area contributed by atoms with Crippen LogP contribution in [0.15, 0.2) is 22.7 Å². The van der Waals surface area contributed by atoms with E-state index in [4.69, 9.17) is 0 Å². The zero-order valence-electron chi connectivity index (χ0n) is 11.9. The number of hydrogen-bond donors (Lipinski definition) is 2. The lowest BCUT2D eigenvalue weighted by atomic mass is 10.1. The van der Waals surface area contributed by atoms with E-state index in [-0.39, 0.29) is 5.91 Å². The molecule has 106 valence electrons. The van der Waals surface area contributed by atoms with E-state index in [0.29, 0.717) is 12.3 Å². The Labute approximate surface area is 124 Å². The second-order valence-electron chi connectivity index (χ2n) is 5.19. The lowest BCUT2D eigenvalue weighted by Gasteiger charge is -2.08. The van der Waals surface area contributed by atoms with E-state index in [1.165, 1.54) is 0 Å². The fourth-order valence-electron chi connectivity index (χ4n) is 1.66. The van der Waals surface area contributed by atoms with E-state index in [9.17, 15) is 4.79 Å². The molecule has 1 aromatic rings. The zero-order valence-corrected chi connectivity index (χ0v) is 13.5. The van der Waals surface area contributed by atoms with Gasteiger partial charge in [0.05, 0.1) is 0 Å². The second kappa shape index (κ2) is 8.33. The Kier molecular flexibility index (Phi) is 7.10. The van der Waals surface area contributed by atoms with Crippen LogP contribution in [0, 0.1) is 12.8 Å². The van der Waals surface area contributed by atoms with Crippen LogP contribution in [0.25, 0.3) is 0 Å². The normalized spacial score (nSPS) is 10.8. The quantitative estimate of drug-likeness (QED) is 0.750. The molecule has 4 heteroatoms. The molecule has 0 aromatic heterocycles. The van der Waals surface area contributed by atoms with Crippen LogP contribution in [0.2, 0.25) is 0 Å². The predicted molar refractivity (Wildman–Crippen MR) is 84.5 cm³/mol. The third-order valence-electron chi connectivity index (χ3n) is 2.87. The number of hydrogen-bond acceptors (Lipinski definition) is 2. The van der Waals surface area contributed by atoms with Crippen molar-refractivity contribution in [3.05, 3.63) is 28.2 Å². The molecule has 0 saturated carbocycles. The van der Waals surface area contributed by atoms with Crippen LogP contribution in [-0.2, 0) is 4.79 Å². The summed E-state index contributed by atoms with van der Waals surface area (Å²) >= 11 is 3.44. The SMILES string of the molecule is Cc1cc(NC(=O)CCNCCC(C)C)ccc1Br. The van der Waals surface area contributed by atoms with Crippen molar-refractivity contribution in [3.8, 4) is 0 Å². The van der Waals surface area contributed by atoms with Gasteiger partial charge in [-0.25, -0.2) is 0 Å². The molecule has 0 saturated heterocycles. The van der Waals surface area contributed by atoms with Gasteiger partial charge in [0.15, 0.2) is 0 Å². The van der Waals surface area contributed by atoms with Gasteiger partial charge in [0.25, 0.3) is 0 Å². The lowest BCUT2D eigenvalue weighted by Crippen LogP contribution is -2.23. The number of halogens is 1. The second-order valence-corrected chi connectivity index (χ2v) is 6.05. The van der Waals surface area contributed by atoms with Gasteiger partial charge in [0.1, 0.15) is 0 Å². The van der Waals surface area contributed by atoms with Crippen molar-refractivity contribution in [2.75, 3.05) is 18.4 Å². The van der Waals surface area contributed by atoms with Gasteiger partial charge in [-0.1, -0.05) is 29.8 Å². The Hall–Kier alpha value is -0.870. The summed E-state index contributed by atoms with van der Waals surface area (Å²) in [5, 5.41) is 6.20. The molecule has 1 aromatic carbocycles. The van der Waals surface area contributed by atoms with Crippen molar-refractivity contribution in [3.63, 3.8) is 0 Å². The largest absolute Gasteiger partial charge is 0.326 e. The summed E-state index contributed by atoms with van der Waals surface area (Å²) in [6.45, 7) is 8.11. The first kappa shape index (κ1) is 16.2. The molecule has 0 aliphatic carbocycles. The van der Waals surface area contributed by atoms with Crippen LogP contribution in [0.1, 0.15) is 32.3 Å². The predicted octanol–water partition coefficient (Wildman–Crippen LogP) is 3.72. The molecule has 0 radical (unpaired) electrons. The summed E-state index contributed by atoms with van der Waals surface area (Å²) in [6.07, 6.45) is 1.65. The van der Waals surface area contributed by atoms with Gasteiger partial charge in [0, 0.05) is 23.1 Å². The molecule has 3 nitrogen and oxygen atoms in total. The molecule has 0 aliphatic heterocycles. The monoisotopic (exact) mass is 326 g/mol. The number of carbonyl (C=O) groups is 1. The van der Waals surface area contributed by atoms with E-state index in [1.807, 2.05) is 25.1 Å². The van der Waals surface area contributed by atoms with Crippen LogP contribution in [0.3, 0.4) is 0 Å². The van der Waals surface area contributed by atoms with Gasteiger partial charge < -0.3 is 10.6 Å². The third kappa shape index (κ3) is 6.73. The molecule has 0 atom stereocenters. The van der Waals surface area contributed by atoms with Gasteiger partial charge in [-0.05, 0) is 49.6 Å². The van der Waals surface area contributed by atoms with Gasteiger partial charge in [-0.15, -0.1) is 0 Å². The maximum absolute atomic E-state index is 11.7. The Morgan fingerprint density at radius 1 is 1.32 bits per heavy atom. The molecule has 0 bridgehead atoms. The van der Waals surface area contributed by atoms with E-state index in [0.717, 1.165) is 35.2 Å². The summed E-state index contributed by atoms with van der Waals surface area (Å²) in [7, 11) is 0. The number of anilines is 1. The summed E-state index contributed by atoms with van der Waals surface area (Å²) < 4.78 is 1.06. The summed E-state index contributed by atoms with van der Waals surface area (Å²) in [6, 6.07) is 5.82. The Morgan fingerprint density at radius 3 is 2.68 bits per heavy atom. The Balaban J connectivity index is 2.25. The first-order valence-corrected chi connectivity index (χ1v) is 7.55. The summed E-state index contributed by atoms with van der Waals surface area (Å²) in [5.74, 6) is 0.755. The van der Waals surface area contributed by atoms with Crippen molar-refractivity contribution in [2.45, 2.75) is 33.6 Å². The lowest BCUT2D eigenvalue weighted by molar-refractivity contribution is -0.116. The topological polar surface area (TPSA) is 41.1 Å². The fraction of sp³-hybridized carbons (Fsp3) is 0.533. The molecule has 0 spiro atoms. The molecule has 19 heavy (non-hydrogen) atoms. The average molecular weight is 327 g/mol. The highest BCUT2D eigenvalue weighted by Crippen LogP contribution is 2.19. The maximum atomic E-state index is 11.7. The van der Waals surface area contributed by atoms with Crippen molar-refractivity contribution >= 4 is 27.5 Å². The molecule has 0 heterocycles. The molecule has 0 aliphatic rings. The summed E-state index contributed by atoms with van der Waals surface area (Å²) in [5.41, 5.74) is 1.97. The van der Waals surface area contributed by atoms with Crippen LogP contribution in [0.4, 0.5) is 5.69 Å². The van der Waals surface area contributed by atoms with Gasteiger partial charge in [-0.3, -0.25) is 4.79 Å². The summed E-state index contributed by atoms with van der Waals surface area (Å²) in [4.78, 5) is 11.7. The van der Waals surface area contributed by atoms with Crippen LogP contribution in [-0.4, -0.2) is 19.0 Å². The molecule has 0 fully saturated rings. The Bertz CT molecular complexity index is 419. The third-order valence-corrected chi connectivity index (χ3v) is 3.76. The number of aryl methyl sites for hydroxylation is 1. The highest BCUT2D eigenvalue weighted by atomic mass is 79.9. The molecular formula is C15H23BrN2O. The number of carbonyl (C=O) groups excluding carboxylic acids is 1. The van der Waals surface area contributed by atoms with Crippen molar-refractivity contribution in [1.82, 2.24) is 5.32 Å². The molecular weight excluding hydrogens is 304 g/mol. The van der Waals surface area contributed by atoms with E-state index in [1.54, 1.807) is 0 Å². The standard InChI is InChI=1S/C15H23BrN2O/c1-11(2)6-8-17-9-7-15(19)18-13-4-5-14(16)12(3)10-13/h4-5,10-11,17H,6-9H2,1-3H3,(H,18,19). The average Bonchev–Trinajstić information content (AvgIpc) is 2.33. The maximum Gasteiger partial charge on any atom is 0.225 e. The molecule has 0 unspecified atom stereocenters. The smallest absolute Gasteiger partial charge is 0.225 e. The fourth-order valence-corrected chi connectivity index (χ4v) is 1.91. The van der Waals surface area contributed by atoms with E-state index < -0.39 is 0 Å². The van der Waals surface area contributed by atoms with Crippen LogP contribution < -0.4 is 10.6 Å². The minimum Gasteiger partial charge on any atom is -0.326 e. The van der Waals surface area contributed by atoms with Crippen molar-refractivity contribution in [1.29, 1.82) is 0 Å². The zero-order chi connectivity index (χ0) is 14.3. The Morgan fingerprint density at radius 2 is 2.05 bits per heavy atom.